The Balaban J connectivity index is 1.75. The molecule has 0 atom stereocenters. The maximum atomic E-state index is 6.20. The maximum absolute atomic E-state index is 6.20. The third-order valence-electron chi connectivity index (χ3n) is 4.95. The molecule has 0 aliphatic carbocycles. The SMILES string of the molecule is Clc1ccc2c(c1)nc(N1CCCC1)n1c(Cc3ccccc3)nnc21. The van der Waals surface area contributed by atoms with Gasteiger partial charge in [0.15, 0.2) is 5.65 Å². The minimum absolute atomic E-state index is 0.686. The van der Waals surface area contributed by atoms with Crippen LogP contribution in [0.25, 0.3) is 16.6 Å². The molecule has 0 unspecified atom stereocenters. The number of aromatic nitrogens is 4. The third kappa shape index (κ3) is 2.59. The molecule has 2 aromatic heterocycles. The fourth-order valence-electron chi connectivity index (χ4n) is 3.67. The normalized spacial score (nSPS) is 14.6. The summed E-state index contributed by atoms with van der Waals surface area (Å²) in [6.07, 6.45) is 3.10. The Morgan fingerprint density at radius 1 is 0.962 bits per heavy atom. The Bertz CT molecular complexity index is 1080. The van der Waals surface area contributed by atoms with Gasteiger partial charge in [0.2, 0.25) is 5.95 Å². The molecule has 0 saturated carbocycles. The highest BCUT2D eigenvalue weighted by molar-refractivity contribution is 6.31. The van der Waals surface area contributed by atoms with E-state index in [0.717, 1.165) is 47.8 Å². The molecule has 1 aliphatic rings. The molecular formula is C20H18ClN5. The summed E-state index contributed by atoms with van der Waals surface area (Å²) in [5.74, 6) is 1.83. The summed E-state index contributed by atoms with van der Waals surface area (Å²) in [5, 5.41) is 10.7. The third-order valence-corrected chi connectivity index (χ3v) is 5.18. The highest BCUT2D eigenvalue weighted by Crippen LogP contribution is 2.28. The second kappa shape index (κ2) is 6.25. The lowest BCUT2D eigenvalue weighted by atomic mass is 10.1. The van der Waals surface area contributed by atoms with Crippen LogP contribution in [0.15, 0.2) is 48.5 Å². The van der Waals surface area contributed by atoms with Crippen molar-refractivity contribution in [1.29, 1.82) is 0 Å². The monoisotopic (exact) mass is 363 g/mol. The van der Waals surface area contributed by atoms with Crippen LogP contribution in [0, 0.1) is 0 Å². The van der Waals surface area contributed by atoms with Crippen LogP contribution in [0.2, 0.25) is 5.02 Å². The fraction of sp³-hybridized carbons (Fsp3) is 0.250. The van der Waals surface area contributed by atoms with Crippen molar-refractivity contribution in [3.63, 3.8) is 0 Å². The van der Waals surface area contributed by atoms with Crippen LogP contribution < -0.4 is 4.90 Å². The summed E-state index contributed by atoms with van der Waals surface area (Å²) < 4.78 is 2.12. The zero-order valence-corrected chi connectivity index (χ0v) is 15.0. The molecule has 3 heterocycles. The van der Waals surface area contributed by atoms with Gasteiger partial charge >= 0.3 is 0 Å². The van der Waals surface area contributed by atoms with Gasteiger partial charge in [-0.2, -0.15) is 0 Å². The number of hydrogen-bond donors (Lipinski definition) is 0. The first kappa shape index (κ1) is 15.6. The Morgan fingerprint density at radius 3 is 2.58 bits per heavy atom. The van der Waals surface area contributed by atoms with Crippen molar-refractivity contribution in [3.05, 3.63) is 64.9 Å². The maximum Gasteiger partial charge on any atom is 0.213 e. The van der Waals surface area contributed by atoms with Gasteiger partial charge in [-0.05, 0) is 36.6 Å². The summed E-state index contributed by atoms with van der Waals surface area (Å²) in [7, 11) is 0. The van der Waals surface area contributed by atoms with E-state index in [0.29, 0.717) is 5.02 Å². The van der Waals surface area contributed by atoms with Crippen LogP contribution in [0.3, 0.4) is 0 Å². The number of rotatable bonds is 3. The Labute approximate surface area is 156 Å². The lowest BCUT2D eigenvalue weighted by Gasteiger charge is -2.19. The van der Waals surface area contributed by atoms with Crippen molar-refractivity contribution in [2.45, 2.75) is 19.3 Å². The van der Waals surface area contributed by atoms with Crippen molar-refractivity contribution in [2.75, 3.05) is 18.0 Å². The van der Waals surface area contributed by atoms with E-state index < -0.39 is 0 Å². The molecule has 0 N–H and O–H groups in total. The largest absolute Gasteiger partial charge is 0.342 e. The molecule has 5 nitrogen and oxygen atoms in total. The van der Waals surface area contributed by atoms with Crippen molar-refractivity contribution < 1.29 is 0 Å². The molecular weight excluding hydrogens is 346 g/mol. The predicted octanol–water partition coefficient (Wildman–Crippen LogP) is 4.12. The first-order valence-electron chi connectivity index (χ1n) is 8.92. The van der Waals surface area contributed by atoms with Crippen LogP contribution in [0.1, 0.15) is 24.2 Å². The lowest BCUT2D eigenvalue weighted by molar-refractivity contribution is 0.850. The molecule has 130 valence electrons. The van der Waals surface area contributed by atoms with Crippen molar-refractivity contribution in [3.8, 4) is 0 Å². The van der Waals surface area contributed by atoms with E-state index in [1.54, 1.807) is 0 Å². The number of fused-ring (bicyclic) bond motifs is 3. The van der Waals surface area contributed by atoms with E-state index in [1.807, 2.05) is 24.3 Å². The van der Waals surface area contributed by atoms with Gasteiger partial charge in [-0.25, -0.2) is 9.38 Å². The van der Waals surface area contributed by atoms with Gasteiger partial charge in [0.05, 0.1) is 5.52 Å². The summed E-state index contributed by atoms with van der Waals surface area (Å²) in [5.41, 5.74) is 2.93. The van der Waals surface area contributed by atoms with E-state index >= 15 is 0 Å². The number of benzene rings is 2. The summed E-state index contributed by atoms with van der Waals surface area (Å²) in [6, 6.07) is 16.1. The van der Waals surface area contributed by atoms with Crippen LogP contribution >= 0.6 is 11.6 Å². The second-order valence-corrected chi connectivity index (χ2v) is 7.14. The van der Waals surface area contributed by atoms with Gasteiger partial charge < -0.3 is 4.90 Å². The topological polar surface area (TPSA) is 46.3 Å². The van der Waals surface area contributed by atoms with Crippen LogP contribution in [-0.2, 0) is 6.42 Å². The van der Waals surface area contributed by atoms with Crippen molar-refractivity contribution in [2.24, 2.45) is 0 Å². The van der Waals surface area contributed by atoms with Gasteiger partial charge in [0.25, 0.3) is 0 Å². The molecule has 0 bridgehead atoms. The number of nitrogens with zero attached hydrogens (tertiary/aromatic N) is 5. The van der Waals surface area contributed by atoms with Gasteiger partial charge in [-0.1, -0.05) is 41.9 Å². The molecule has 0 spiro atoms. The molecule has 4 aromatic rings. The molecule has 2 aromatic carbocycles. The molecule has 26 heavy (non-hydrogen) atoms. The van der Waals surface area contributed by atoms with E-state index in [-0.39, 0.29) is 0 Å². The van der Waals surface area contributed by atoms with Gasteiger partial charge in [0.1, 0.15) is 5.82 Å². The van der Waals surface area contributed by atoms with Gasteiger partial charge in [-0.3, -0.25) is 0 Å². The zero-order valence-electron chi connectivity index (χ0n) is 14.3. The highest BCUT2D eigenvalue weighted by Gasteiger charge is 2.22. The standard InChI is InChI=1S/C20H18ClN5/c21-15-8-9-16-17(13-15)22-20(25-10-4-5-11-25)26-18(23-24-19(16)26)12-14-6-2-1-3-7-14/h1-3,6-9,13H,4-5,10-12H2. The number of halogens is 1. The first-order chi connectivity index (χ1) is 12.8. The highest BCUT2D eigenvalue weighted by atomic mass is 35.5. The molecule has 1 fully saturated rings. The average Bonchev–Trinajstić information content (AvgIpc) is 3.32. The van der Waals surface area contributed by atoms with Crippen molar-refractivity contribution in [1.82, 2.24) is 19.6 Å². The van der Waals surface area contributed by atoms with Gasteiger partial charge in [-0.15, -0.1) is 10.2 Å². The van der Waals surface area contributed by atoms with Gasteiger partial charge in [0, 0.05) is 29.9 Å². The average molecular weight is 364 g/mol. The Morgan fingerprint density at radius 2 is 1.77 bits per heavy atom. The quantitative estimate of drug-likeness (QED) is 0.549. The molecule has 0 amide bonds. The lowest BCUT2D eigenvalue weighted by Crippen LogP contribution is -2.23. The minimum atomic E-state index is 0.686. The van der Waals surface area contributed by atoms with E-state index in [4.69, 9.17) is 16.6 Å². The Kier molecular flexibility index (Phi) is 3.75. The second-order valence-electron chi connectivity index (χ2n) is 6.71. The van der Waals surface area contributed by atoms with E-state index in [2.05, 4.69) is 43.8 Å². The Hall–Kier alpha value is -2.66. The number of hydrogen-bond acceptors (Lipinski definition) is 4. The number of anilines is 1. The molecule has 0 radical (unpaired) electrons. The molecule has 6 heteroatoms. The smallest absolute Gasteiger partial charge is 0.213 e. The predicted molar refractivity (Wildman–Crippen MR) is 104 cm³/mol. The van der Waals surface area contributed by atoms with Crippen LogP contribution in [0.5, 0.6) is 0 Å². The summed E-state index contributed by atoms with van der Waals surface area (Å²) >= 11 is 6.20. The van der Waals surface area contributed by atoms with E-state index in [1.165, 1.54) is 18.4 Å². The summed E-state index contributed by atoms with van der Waals surface area (Å²) in [4.78, 5) is 7.27. The van der Waals surface area contributed by atoms with E-state index in [9.17, 15) is 0 Å². The molecule has 5 rings (SSSR count). The molecule has 1 saturated heterocycles. The summed E-state index contributed by atoms with van der Waals surface area (Å²) in [6.45, 7) is 2.02. The van der Waals surface area contributed by atoms with Crippen molar-refractivity contribution >= 4 is 34.1 Å². The minimum Gasteiger partial charge on any atom is -0.342 e. The first-order valence-corrected chi connectivity index (χ1v) is 9.29. The van der Waals surface area contributed by atoms with Crippen LogP contribution in [-0.4, -0.2) is 32.7 Å². The molecule has 1 aliphatic heterocycles. The zero-order chi connectivity index (χ0) is 17.5. The van der Waals surface area contributed by atoms with Crippen LogP contribution in [0.4, 0.5) is 5.95 Å². The fourth-order valence-corrected chi connectivity index (χ4v) is 3.83.